The highest BCUT2D eigenvalue weighted by Gasteiger charge is 2.27. The second kappa shape index (κ2) is 9.61. The number of amides is 1. The molecule has 4 rings (SSSR count). The van der Waals surface area contributed by atoms with E-state index in [0.29, 0.717) is 0 Å². The van der Waals surface area contributed by atoms with Gasteiger partial charge in [0, 0.05) is 16.5 Å². The molecule has 2 heterocycles. The van der Waals surface area contributed by atoms with E-state index in [1.807, 2.05) is 0 Å². The number of carbonyl (C=O) groups excluding carboxylic acids is 1. The van der Waals surface area contributed by atoms with Gasteiger partial charge in [0.1, 0.15) is 22.6 Å². The van der Waals surface area contributed by atoms with Crippen LogP contribution in [0.2, 0.25) is 0 Å². The summed E-state index contributed by atoms with van der Waals surface area (Å²) < 4.78 is 15.6. The molecule has 13 heteroatoms. The number of benzene rings is 2. The van der Waals surface area contributed by atoms with Gasteiger partial charge in [-0.05, 0) is 36.8 Å². The fourth-order valence-corrected chi connectivity index (χ4v) is 4.26. The molecule has 4 aromatic rings. The Labute approximate surface area is 215 Å². The zero-order chi connectivity index (χ0) is 27.9. The molecule has 38 heavy (non-hydrogen) atoms. The molecule has 0 aliphatic carbocycles. The number of hydrogen-bond acceptors (Lipinski definition) is 12. The molecule has 0 saturated carbocycles. The monoisotopic (exact) mass is 520 g/mol. The van der Waals surface area contributed by atoms with Crippen LogP contribution in [0.25, 0.3) is 33.4 Å². The van der Waals surface area contributed by atoms with Crippen LogP contribution in [0.15, 0.2) is 29.4 Å². The third-order valence-corrected chi connectivity index (χ3v) is 6.11. The number of fused-ring (bicyclic) bond motifs is 1. The second-order valence-corrected chi connectivity index (χ2v) is 8.07. The van der Waals surface area contributed by atoms with Crippen molar-refractivity contribution >= 4 is 28.2 Å². The summed E-state index contributed by atoms with van der Waals surface area (Å²) in [6, 6.07) is 5.97. The maximum Gasteiger partial charge on any atom is 0.313 e. The molecule has 0 bridgehead atoms. The number of phenolic OH excluding ortho intramolecular Hbond substituents is 3. The van der Waals surface area contributed by atoms with Gasteiger partial charge in [0.25, 0.3) is 0 Å². The number of methoxy groups -OCH3 is 3. The summed E-state index contributed by atoms with van der Waals surface area (Å²) in [5.74, 6) is -1.87. The molecule has 2 aromatic carbocycles. The van der Waals surface area contributed by atoms with Gasteiger partial charge in [-0.2, -0.15) is 0 Å². The Morgan fingerprint density at radius 1 is 0.895 bits per heavy atom. The summed E-state index contributed by atoms with van der Waals surface area (Å²) in [5, 5.41) is 35.3. The Morgan fingerprint density at radius 2 is 1.58 bits per heavy atom. The molecule has 0 saturated heterocycles. The summed E-state index contributed by atoms with van der Waals surface area (Å²) in [6.07, 6.45) is 0. The van der Waals surface area contributed by atoms with Crippen LogP contribution in [0.5, 0.6) is 34.5 Å². The molecule has 0 fully saturated rings. The first kappa shape index (κ1) is 25.8. The lowest BCUT2D eigenvalue weighted by Crippen LogP contribution is -2.09. The summed E-state index contributed by atoms with van der Waals surface area (Å²) in [5.41, 5.74) is 19.9. The highest BCUT2D eigenvalue weighted by Crippen LogP contribution is 2.49. The van der Waals surface area contributed by atoms with Gasteiger partial charge in [-0.3, -0.25) is 4.79 Å². The predicted molar refractivity (Wildman–Crippen MR) is 138 cm³/mol. The molecule has 0 unspecified atom stereocenters. The SMILES string of the molecule is COc1ccc(-c2c(C)c(C(=O)N=N)nc(-c3ccc4c(O)c(OC)c(N)c(O)c4n3)c2N)c(O)c1OC. The molecular formula is C25H24N6O7. The van der Waals surface area contributed by atoms with Crippen LogP contribution in [0.4, 0.5) is 11.4 Å². The molecule has 0 aliphatic rings. The fraction of sp³-hybridized carbons (Fsp3) is 0.160. The average Bonchev–Trinajstić information content (AvgIpc) is 2.92. The van der Waals surface area contributed by atoms with Gasteiger partial charge in [-0.25, -0.2) is 15.5 Å². The summed E-state index contributed by atoms with van der Waals surface area (Å²) in [6.45, 7) is 1.54. The minimum Gasteiger partial charge on any atom is -0.504 e. The molecule has 8 N–H and O–H groups in total. The first-order chi connectivity index (χ1) is 18.1. The smallest absolute Gasteiger partial charge is 0.313 e. The number of aromatic hydroxyl groups is 3. The van der Waals surface area contributed by atoms with Crippen molar-refractivity contribution in [2.75, 3.05) is 32.8 Å². The maximum absolute atomic E-state index is 12.6. The number of anilines is 2. The van der Waals surface area contributed by atoms with Crippen molar-refractivity contribution in [1.29, 1.82) is 5.53 Å². The zero-order valence-corrected chi connectivity index (χ0v) is 20.8. The number of nitrogens with zero attached hydrogens (tertiary/aromatic N) is 3. The van der Waals surface area contributed by atoms with Crippen LogP contribution >= 0.6 is 0 Å². The summed E-state index contributed by atoms with van der Waals surface area (Å²) in [7, 11) is 4.05. The van der Waals surface area contributed by atoms with Crippen molar-refractivity contribution in [3.63, 3.8) is 0 Å². The third kappa shape index (κ3) is 3.77. The molecule has 1 amide bonds. The van der Waals surface area contributed by atoms with E-state index in [1.54, 1.807) is 13.0 Å². The Bertz CT molecular complexity index is 1640. The minimum atomic E-state index is -0.958. The average molecular weight is 521 g/mol. The van der Waals surface area contributed by atoms with E-state index in [2.05, 4.69) is 15.1 Å². The zero-order valence-electron chi connectivity index (χ0n) is 20.8. The minimum absolute atomic E-state index is 0.0121. The molecule has 0 spiro atoms. The molecule has 0 aliphatic heterocycles. The molecule has 2 aromatic heterocycles. The van der Waals surface area contributed by atoms with Crippen molar-refractivity contribution in [1.82, 2.24) is 9.97 Å². The number of ether oxygens (including phenoxy) is 3. The molecular weight excluding hydrogens is 496 g/mol. The van der Waals surface area contributed by atoms with E-state index in [4.69, 9.17) is 31.2 Å². The van der Waals surface area contributed by atoms with E-state index in [0.717, 1.165) is 0 Å². The lowest BCUT2D eigenvalue weighted by molar-refractivity contribution is 0.0985. The van der Waals surface area contributed by atoms with E-state index in [9.17, 15) is 20.1 Å². The number of aromatic nitrogens is 2. The van der Waals surface area contributed by atoms with Crippen molar-refractivity contribution in [2.24, 2.45) is 5.11 Å². The lowest BCUT2D eigenvalue weighted by Gasteiger charge is -2.19. The van der Waals surface area contributed by atoms with Crippen LogP contribution < -0.4 is 25.7 Å². The Hall–Kier alpha value is -5.33. The number of nitrogens with two attached hydrogens (primary N) is 2. The maximum atomic E-state index is 12.6. The van der Waals surface area contributed by atoms with E-state index in [1.165, 1.54) is 39.5 Å². The number of phenols is 3. The topological polar surface area (TPSA) is 219 Å². The van der Waals surface area contributed by atoms with Crippen molar-refractivity contribution in [3.05, 3.63) is 35.5 Å². The van der Waals surface area contributed by atoms with Gasteiger partial charge in [0.15, 0.2) is 28.7 Å². The first-order valence-electron chi connectivity index (χ1n) is 11.0. The molecule has 0 radical (unpaired) electrons. The van der Waals surface area contributed by atoms with Gasteiger partial charge in [0.2, 0.25) is 5.75 Å². The highest BCUT2D eigenvalue weighted by atomic mass is 16.5. The van der Waals surface area contributed by atoms with Crippen LogP contribution in [0, 0.1) is 12.5 Å². The fourth-order valence-electron chi connectivity index (χ4n) is 4.26. The van der Waals surface area contributed by atoms with Crippen LogP contribution in [-0.4, -0.2) is 52.5 Å². The van der Waals surface area contributed by atoms with Gasteiger partial charge in [0.05, 0.1) is 32.7 Å². The quantitative estimate of drug-likeness (QED) is 0.0930. The van der Waals surface area contributed by atoms with Crippen LogP contribution in [-0.2, 0) is 0 Å². The number of nitrogens with one attached hydrogen (secondary N) is 1. The molecule has 196 valence electrons. The standard InChI is InChI=1S/C25H24N6O7/c1-9-14(10-6-8-13(36-2)23(37-3)20(10)32)15(26)19(30-17(9)25(35)31-28)12-7-5-11-18(29-12)22(34)16(27)24(38-4)21(11)33/h5-8,28,32-34H,26-27H2,1-4H3. The normalized spacial score (nSPS) is 10.8. The highest BCUT2D eigenvalue weighted by molar-refractivity contribution is 6.03. The number of carbonyl (C=O) groups is 1. The second-order valence-electron chi connectivity index (χ2n) is 8.07. The Balaban J connectivity index is 2.08. The van der Waals surface area contributed by atoms with Crippen molar-refractivity contribution in [2.45, 2.75) is 6.92 Å². The van der Waals surface area contributed by atoms with Gasteiger partial charge in [-0.1, -0.05) is 0 Å². The van der Waals surface area contributed by atoms with Gasteiger partial charge < -0.3 is 41.0 Å². The van der Waals surface area contributed by atoms with E-state index >= 15 is 0 Å². The Kier molecular flexibility index (Phi) is 6.51. The summed E-state index contributed by atoms with van der Waals surface area (Å²) >= 11 is 0. The number of hydrogen-bond donors (Lipinski definition) is 6. The molecule has 0 atom stereocenters. The largest absolute Gasteiger partial charge is 0.504 e. The number of pyridine rings is 2. The third-order valence-electron chi connectivity index (χ3n) is 6.11. The Morgan fingerprint density at radius 3 is 2.18 bits per heavy atom. The van der Waals surface area contributed by atoms with Gasteiger partial charge in [-0.15, -0.1) is 5.11 Å². The molecule has 13 nitrogen and oxygen atoms in total. The predicted octanol–water partition coefficient (Wildman–Crippen LogP) is 3.75. The van der Waals surface area contributed by atoms with Crippen molar-refractivity contribution < 1.29 is 34.3 Å². The van der Waals surface area contributed by atoms with E-state index < -0.39 is 11.7 Å². The van der Waals surface area contributed by atoms with E-state index in [-0.39, 0.29) is 84.8 Å². The number of nitrogen functional groups attached to an aromatic ring is 2. The lowest BCUT2D eigenvalue weighted by atomic mass is 9.94. The van der Waals surface area contributed by atoms with Crippen LogP contribution in [0.1, 0.15) is 16.1 Å². The van der Waals surface area contributed by atoms with Crippen molar-refractivity contribution in [3.8, 4) is 57.0 Å². The van der Waals surface area contributed by atoms with Gasteiger partial charge >= 0.3 is 5.91 Å². The van der Waals surface area contributed by atoms with Crippen LogP contribution in [0.3, 0.4) is 0 Å². The first-order valence-corrected chi connectivity index (χ1v) is 11.0. The summed E-state index contributed by atoms with van der Waals surface area (Å²) in [4.78, 5) is 21.3. The number of rotatable bonds is 6.